The molecule has 3 atom stereocenters. The van der Waals surface area contributed by atoms with Crippen molar-refractivity contribution < 1.29 is 24.9 Å². The van der Waals surface area contributed by atoms with Gasteiger partial charge < -0.3 is 19.9 Å². The number of carboxylic acid groups (broad SMARTS) is 1. The molecule has 1 aromatic heterocycles. The van der Waals surface area contributed by atoms with Gasteiger partial charge in [-0.25, -0.2) is 4.79 Å². The third-order valence-corrected chi connectivity index (χ3v) is 7.75. The zero-order valence-electron chi connectivity index (χ0n) is 15.1. The van der Waals surface area contributed by atoms with E-state index in [1.807, 2.05) is 30.5 Å². The molecule has 1 saturated heterocycles. The molecule has 3 heterocycles. The Morgan fingerprint density at radius 2 is 2.11 bits per heavy atom. The highest BCUT2D eigenvalue weighted by Crippen LogP contribution is 2.54. The molecule has 28 heavy (non-hydrogen) atoms. The van der Waals surface area contributed by atoms with E-state index in [0.717, 1.165) is 10.8 Å². The summed E-state index contributed by atoms with van der Waals surface area (Å²) in [7, 11) is 0. The number of carbonyl (C=O) groups is 2. The molecule has 148 valence electrons. The van der Waals surface area contributed by atoms with Crippen LogP contribution < -0.4 is 0 Å². The standard InChI is InChI=1S/C19H20N2O5S2/c1-2-12(22)13-16(24)21-14(18(25)26)19(28-17(13)21)27-8-7-20-9-10-5-3-4-6-11(10)15(20)23/h3-6,9,12-13,17,22-23H,2,7-8H2,1H3,(H,25,26)/t12-,13+,17+/m0/s1. The van der Waals surface area contributed by atoms with Crippen molar-refractivity contribution in [1.82, 2.24) is 9.47 Å². The molecule has 0 saturated carbocycles. The molecule has 2 aliphatic rings. The van der Waals surface area contributed by atoms with Gasteiger partial charge in [0.15, 0.2) is 11.6 Å². The Bertz CT molecular complexity index is 986. The summed E-state index contributed by atoms with van der Waals surface area (Å²) in [6.07, 6.45) is 1.56. The zero-order chi connectivity index (χ0) is 20.0. The second kappa shape index (κ2) is 7.38. The van der Waals surface area contributed by atoms with Crippen molar-refractivity contribution in [1.29, 1.82) is 0 Å². The summed E-state index contributed by atoms with van der Waals surface area (Å²) in [5.74, 6) is -1.28. The summed E-state index contributed by atoms with van der Waals surface area (Å²) in [5, 5.41) is 31.3. The fourth-order valence-corrected chi connectivity index (χ4v) is 6.51. The average molecular weight is 421 g/mol. The molecule has 2 aliphatic heterocycles. The van der Waals surface area contributed by atoms with Gasteiger partial charge in [0.2, 0.25) is 5.91 Å². The number of nitrogens with zero attached hydrogens (tertiary/aromatic N) is 2. The first-order valence-corrected chi connectivity index (χ1v) is 10.9. The van der Waals surface area contributed by atoms with Crippen molar-refractivity contribution in [3.63, 3.8) is 0 Å². The minimum absolute atomic E-state index is 0.00597. The van der Waals surface area contributed by atoms with E-state index < -0.39 is 18.0 Å². The maximum absolute atomic E-state index is 12.4. The number of aryl methyl sites for hydroxylation is 1. The summed E-state index contributed by atoms with van der Waals surface area (Å²) in [5.41, 5.74) is 0.00597. The number of aliphatic hydroxyl groups excluding tert-OH is 1. The summed E-state index contributed by atoms with van der Waals surface area (Å²) in [6, 6.07) is 7.54. The number of amides is 1. The summed E-state index contributed by atoms with van der Waals surface area (Å²) >= 11 is 2.69. The number of rotatable bonds is 7. The molecule has 7 nitrogen and oxygen atoms in total. The number of aromatic nitrogens is 1. The maximum Gasteiger partial charge on any atom is 0.354 e. The van der Waals surface area contributed by atoms with Gasteiger partial charge in [-0.3, -0.25) is 9.69 Å². The van der Waals surface area contributed by atoms with Crippen LogP contribution in [0.2, 0.25) is 0 Å². The SMILES string of the molecule is CC[C@H](O)[C@@H]1C(=O)N2C(C(=O)O)=C(SCCn3cc4ccccc4c3O)S[C@H]12. The summed E-state index contributed by atoms with van der Waals surface area (Å²) in [6.45, 7) is 2.30. The molecule has 4 rings (SSSR count). The largest absolute Gasteiger partial charge is 0.494 e. The molecule has 0 spiro atoms. The van der Waals surface area contributed by atoms with Crippen molar-refractivity contribution in [2.45, 2.75) is 31.4 Å². The van der Waals surface area contributed by atoms with Crippen molar-refractivity contribution >= 4 is 46.2 Å². The number of hydrogen-bond acceptors (Lipinski definition) is 6. The first-order valence-electron chi connectivity index (χ1n) is 8.99. The topological polar surface area (TPSA) is 103 Å². The van der Waals surface area contributed by atoms with Gasteiger partial charge in [-0.05, 0) is 12.5 Å². The Morgan fingerprint density at radius 3 is 2.79 bits per heavy atom. The van der Waals surface area contributed by atoms with E-state index in [1.54, 1.807) is 11.5 Å². The van der Waals surface area contributed by atoms with Crippen LogP contribution >= 0.6 is 23.5 Å². The third-order valence-electron chi connectivity index (χ3n) is 5.12. The highest BCUT2D eigenvalue weighted by molar-refractivity contribution is 8.22. The van der Waals surface area contributed by atoms with Gasteiger partial charge in [-0.2, -0.15) is 0 Å². The van der Waals surface area contributed by atoms with Crippen molar-refractivity contribution in [3.05, 3.63) is 40.4 Å². The first kappa shape index (κ1) is 19.2. The predicted octanol–water partition coefficient (Wildman–Crippen LogP) is 2.64. The van der Waals surface area contributed by atoms with Crippen LogP contribution in [0.4, 0.5) is 0 Å². The predicted molar refractivity (Wildman–Crippen MR) is 109 cm³/mol. The number of aliphatic hydroxyl groups is 1. The monoisotopic (exact) mass is 420 g/mol. The second-order valence-corrected chi connectivity index (χ2v) is 9.23. The number of thioether (sulfide) groups is 2. The van der Waals surface area contributed by atoms with Gasteiger partial charge >= 0.3 is 5.97 Å². The maximum atomic E-state index is 12.4. The summed E-state index contributed by atoms with van der Waals surface area (Å²) in [4.78, 5) is 25.4. The Balaban J connectivity index is 1.47. The van der Waals surface area contributed by atoms with Gasteiger partial charge in [0.1, 0.15) is 5.37 Å². The number of aromatic hydroxyl groups is 1. The van der Waals surface area contributed by atoms with Crippen LogP contribution in [0.3, 0.4) is 0 Å². The number of hydrogen-bond donors (Lipinski definition) is 3. The molecular formula is C19H20N2O5S2. The van der Waals surface area contributed by atoms with Crippen molar-refractivity contribution in [2.75, 3.05) is 5.75 Å². The minimum atomic E-state index is -1.13. The lowest BCUT2D eigenvalue weighted by Gasteiger charge is -2.44. The number of β-lactam (4-membered cyclic amide) rings is 1. The normalized spacial score (nSPS) is 22.5. The van der Waals surface area contributed by atoms with Crippen LogP contribution in [0, 0.1) is 5.92 Å². The molecular weight excluding hydrogens is 400 g/mol. The van der Waals surface area contributed by atoms with Crippen LogP contribution in [-0.2, 0) is 16.1 Å². The Labute approximate surface area is 170 Å². The first-order chi connectivity index (χ1) is 13.4. The van der Waals surface area contributed by atoms with Crippen molar-refractivity contribution in [2.24, 2.45) is 5.92 Å². The molecule has 9 heteroatoms. The second-order valence-electron chi connectivity index (χ2n) is 6.74. The summed E-state index contributed by atoms with van der Waals surface area (Å²) < 4.78 is 2.31. The van der Waals surface area contributed by atoms with E-state index in [1.165, 1.54) is 28.4 Å². The molecule has 0 aliphatic carbocycles. The molecule has 2 aromatic rings. The number of benzene rings is 1. The van der Waals surface area contributed by atoms with Crippen molar-refractivity contribution in [3.8, 4) is 5.88 Å². The van der Waals surface area contributed by atoms with Gasteiger partial charge in [-0.15, -0.1) is 11.8 Å². The smallest absolute Gasteiger partial charge is 0.354 e. The van der Waals surface area contributed by atoms with E-state index in [0.29, 0.717) is 23.0 Å². The number of aliphatic carboxylic acids is 1. The van der Waals surface area contributed by atoms with Gasteiger partial charge in [0.05, 0.1) is 16.3 Å². The fourth-order valence-electron chi connectivity index (χ4n) is 3.62. The molecule has 0 unspecified atom stereocenters. The number of carbonyl (C=O) groups excluding carboxylic acids is 1. The minimum Gasteiger partial charge on any atom is -0.494 e. The Hall–Kier alpha value is -2.10. The van der Waals surface area contributed by atoms with Gasteiger partial charge in [0, 0.05) is 29.3 Å². The number of fused-ring (bicyclic) bond motifs is 2. The van der Waals surface area contributed by atoms with Crippen LogP contribution in [0.1, 0.15) is 13.3 Å². The van der Waals surface area contributed by atoms with Gasteiger partial charge in [0.25, 0.3) is 0 Å². The highest BCUT2D eigenvalue weighted by atomic mass is 32.2. The lowest BCUT2D eigenvalue weighted by molar-refractivity contribution is -0.157. The molecule has 3 N–H and O–H groups in total. The highest BCUT2D eigenvalue weighted by Gasteiger charge is 2.58. The van der Waals surface area contributed by atoms with Crippen LogP contribution in [0.25, 0.3) is 10.8 Å². The molecule has 0 bridgehead atoms. The van der Waals surface area contributed by atoms with Crippen LogP contribution in [0.15, 0.2) is 40.4 Å². The average Bonchev–Trinajstić information content (AvgIpc) is 3.17. The molecule has 1 aromatic carbocycles. The lowest BCUT2D eigenvalue weighted by Crippen LogP contribution is -2.61. The third kappa shape index (κ3) is 2.98. The van der Waals surface area contributed by atoms with E-state index in [9.17, 15) is 24.9 Å². The molecule has 0 radical (unpaired) electrons. The Kier molecular flexibility index (Phi) is 5.07. The van der Waals surface area contributed by atoms with Gasteiger partial charge in [-0.1, -0.05) is 36.9 Å². The van der Waals surface area contributed by atoms with E-state index >= 15 is 0 Å². The number of carboxylic acids is 1. The molecule has 1 amide bonds. The van der Waals surface area contributed by atoms with Crippen LogP contribution in [0.5, 0.6) is 5.88 Å². The van der Waals surface area contributed by atoms with E-state index in [4.69, 9.17) is 0 Å². The lowest BCUT2D eigenvalue weighted by atomic mass is 9.90. The van der Waals surface area contributed by atoms with Crippen LogP contribution in [-0.4, -0.2) is 53.9 Å². The molecule has 1 fully saturated rings. The quantitative estimate of drug-likeness (QED) is 0.592. The zero-order valence-corrected chi connectivity index (χ0v) is 16.7. The van der Waals surface area contributed by atoms with E-state index in [-0.39, 0.29) is 22.9 Å². The van der Waals surface area contributed by atoms with E-state index in [2.05, 4.69) is 0 Å². The Morgan fingerprint density at radius 1 is 1.36 bits per heavy atom. The fraction of sp³-hybridized carbons (Fsp3) is 0.368.